The first-order valence-electron chi connectivity index (χ1n) is 11.1. The molecular formula is C25H31N4O2+. The van der Waals surface area contributed by atoms with Crippen LogP contribution in [0, 0.1) is 6.92 Å². The molecule has 0 unspecified atom stereocenters. The SMILES string of the molecule is COc1cccc(-c2cc(C(=O)NCC[NH+]3CCCCC3)n(-c3cccc(C)c3)n2)c1. The van der Waals surface area contributed by atoms with Crippen molar-refractivity contribution in [2.45, 2.75) is 26.2 Å². The fourth-order valence-electron chi connectivity index (χ4n) is 4.17. The van der Waals surface area contributed by atoms with Gasteiger partial charge in [0.25, 0.3) is 5.91 Å². The maximum Gasteiger partial charge on any atom is 0.270 e. The second-order valence-corrected chi connectivity index (χ2v) is 8.21. The van der Waals surface area contributed by atoms with E-state index in [1.165, 1.54) is 32.4 Å². The molecule has 3 aromatic rings. The summed E-state index contributed by atoms with van der Waals surface area (Å²) in [5.41, 5.74) is 4.19. The van der Waals surface area contributed by atoms with Gasteiger partial charge in [0, 0.05) is 5.56 Å². The molecule has 0 spiro atoms. The summed E-state index contributed by atoms with van der Waals surface area (Å²) in [5.74, 6) is 0.665. The third kappa shape index (κ3) is 5.14. The molecule has 0 saturated carbocycles. The van der Waals surface area contributed by atoms with Gasteiger partial charge in [-0.1, -0.05) is 24.3 Å². The highest BCUT2D eigenvalue weighted by Gasteiger charge is 2.19. The normalized spacial score (nSPS) is 14.4. The summed E-state index contributed by atoms with van der Waals surface area (Å²) in [5, 5.41) is 7.89. The molecule has 2 heterocycles. The molecule has 1 amide bonds. The van der Waals surface area contributed by atoms with Crippen molar-refractivity contribution < 1.29 is 14.4 Å². The highest BCUT2D eigenvalue weighted by molar-refractivity contribution is 5.94. The van der Waals surface area contributed by atoms with Crippen molar-refractivity contribution in [3.8, 4) is 22.7 Å². The molecule has 2 N–H and O–H groups in total. The minimum absolute atomic E-state index is 0.0976. The molecule has 31 heavy (non-hydrogen) atoms. The topological polar surface area (TPSA) is 60.6 Å². The molecule has 0 bridgehead atoms. The number of ether oxygens (including phenoxy) is 1. The monoisotopic (exact) mass is 419 g/mol. The third-order valence-corrected chi connectivity index (χ3v) is 5.88. The van der Waals surface area contributed by atoms with Crippen molar-refractivity contribution in [1.29, 1.82) is 0 Å². The number of aromatic nitrogens is 2. The molecule has 1 aromatic heterocycles. The maximum absolute atomic E-state index is 13.1. The van der Waals surface area contributed by atoms with E-state index in [1.54, 1.807) is 16.7 Å². The van der Waals surface area contributed by atoms with Crippen LogP contribution in [0.2, 0.25) is 0 Å². The Kier molecular flexibility index (Phi) is 6.67. The van der Waals surface area contributed by atoms with Crippen molar-refractivity contribution >= 4 is 5.91 Å². The first kappa shape index (κ1) is 21.1. The zero-order chi connectivity index (χ0) is 21.6. The van der Waals surface area contributed by atoms with Gasteiger partial charge in [-0.05, 0) is 62.1 Å². The van der Waals surface area contributed by atoms with Crippen LogP contribution in [-0.2, 0) is 0 Å². The van der Waals surface area contributed by atoms with E-state index in [-0.39, 0.29) is 5.91 Å². The summed E-state index contributed by atoms with van der Waals surface area (Å²) in [4.78, 5) is 14.7. The number of amides is 1. The lowest BCUT2D eigenvalue weighted by atomic mass is 10.1. The first-order chi connectivity index (χ1) is 15.1. The van der Waals surface area contributed by atoms with Crippen molar-refractivity contribution in [3.63, 3.8) is 0 Å². The molecule has 6 heteroatoms. The van der Waals surface area contributed by atoms with Crippen LogP contribution in [0.3, 0.4) is 0 Å². The number of nitrogens with zero attached hydrogens (tertiary/aromatic N) is 2. The lowest BCUT2D eigenvalue weighted by Crippen LogP contribution is -3.13. The third-order valence-electron chi connectivity index (χ3n) is 5.88. The first-order valence-corrected chi connectivity index (χ1v) is 11.1. The standard InChI is InChI=1S/C25H30N4O2/c1-19-8-6-10-21(16-19)29-24(25(30)26-12-15-28-13-4-3-5-14-28)18-23(27-29)20-9-7-11-22(17-20)31-2/h6-11,16-18H,3-5,12-15H2,1-2H3,(H,26,30)/p+1. The molecule has 4 rings (SSSR count). The average molecular weight is 420 g/mol. The maximum atomic E-state index is 13.1. The number of nitrogens with one attached hydrogen (secondary N) is 2. The number of likely N-dealkylation sites (tertiary alicyclic amines) is 1. The van der Waals surface area contributed by atoms with Crippen LogP contribution in [0.15, 0.2) is 54.6 Å². The van der Waals surface area contributed by atoms with Gasteiger partial charge in [0.2, 0.25) is 0 Å². The van der Waals surface area contributed by atoms with Crippen LogP contribution in [0.4, 0.5) is 0 Å². The Hall–Kier alpha value is -3.12. The molecule has 0 atom stereocenters. The molecule has 1 aliphatic heterocycles. The predicted molar refractivity (Wildman–Crippen MR) is 122 cm³/mol. The van der Waals surface area contributed by atoms with E-state index in [4.69, 9.17) is 9.84 Å². The van der Waals surface area contributed by atoms with E-state index in [1.807, 2.05) is 61.5 Å². The van der Waals surface area contributed by atoms with Crippen LogP contribution in [0.5, 0.6) is 5.75 Å². The van der Waals surface area contributed by atoms with Gasteiger partial charge in [-0.15, -0.1) is 0 Å². The Morgan fingerprint density at radius 3 is 2.68 bits per heavy atom. The molecule has 6 nitrogen and oxygen atoms in total. The highest BCUT2D eigenvalue weighted by atomic mass is 16.5. The number of carbonyl (C=O) groups is 1. The molecule has 1 fully saturated rings. The fourth-order valence-corrected chi connectivity index (χ4v) is 4.17. The lowest BCUT2D eigenvalue weighted by Gasteiger charge is -2.23. The second-order valence-electron chi connectivity index (χ2n) is 8.21. The number of rotatable bonds is 7. The van der Waals surface area contributed by atoms with Gasteiger partial charge in [-0.2, -0.15) is 5.10 Å². The number of aryl methyl sites for hydroxylation is 1. The van der Waals surface area contributed by atoms with Gasteiger partial charge in [0.15, 0.2) is 0 Å². The van der Waals surface area contributed by atoms with E-state index >= 15 is 0 Å². The molecule has 2 aromatic carbocycles. The number of piperidine rings is 1. The summed E-state index contributed by atoms with van der Waals surface area (Å²) < 4.78 is 7.10. The van der Waals surface area contributed by atoms with E-state index in [9.17, 15) is 4.79 Å². The Labute approximate surface area is 183 Å². The summed E-state index contributed by atoms with van der Waals surface area (Å²) in [7, 11) is 1.65. The summed E-state index contributed by atoms with van der Waals surface area (Å²) in [6, 6.07) is 17.6. The van der Waals surface area contributed by atoms with Gasteiger partial charge < -0.3 is 15.0 Å². The highest BCUT2D eigenvalue weighted by Crippen LogP contribution is 2.25. The fraction of sp³-hybridized carbons (Fsp3) is 0.360. The van der Waals surface area contributed by atoms with E-state index in [0.29, 0.717) is 12.2 Å². The molecule has 0 aliphatic carbocycles. The lowest BCUT2D eigenvalue weighted by molar-refractivity contribution is -0.903. The molecule has 1 saturated heterocycles. The Bertz CT molecular complexity index is 1040. The van der Waals surface area contributed by atoms with Crippen molar-refractivity contribution in [2.75, 3.05) is 33.3 Å². The van der Waals surface area contributed by atoms with Crippen LogP contribution in [0.1, 0.15) is 35.3 Å². The minimum atomic E-state index is -0.0976. The van der Waals surface area contributed by atoms with Crippen molar-refractivity contribution in [3.05, 3.63) is 65.9 Å². The van der Waals surface area contributed by atoms with Crippen LogP contribution >= 0.6 is 0 Å². The Balaban J connectivity index is 1.59. The predicted octanol–water partition coefficient (Wildman–Crippen LogP) is 2.65. The van der Waals surface area contributed by atoms with E-state index in [2.05, 4.69) is 5.32 Å². The minimum Gasteiger partial charge on any atom is -0.497 e. The molecule has 0 radical (unpaired) electrons. The second kappa shape index (κ2) is 9.79. The van der Waals surface area contributed by atoms with Gasteiger partial charge in [-0.25, -0.2) is 4.68 Å². The Morgan fingerprint density at radius 1 is 1.10 bits per heavy atom. The number of hydrogen-bond donors (Lipinski definition) is 2. The van der Waals surface area contributed by atoms with Crippen molar-refractivity contribution in [2.24, 2.45) is 0 Å². The number of hydrogen-bond acceptors (Lipinski definition) is 3. The smallest absolute Gasteiger partial charge is 0.270 e. The summed E-state index contributed by atoms with van der Waals surface area (Å²) in [6.45, 7) is 6.08. The zero-order valence-electron chi connectivity index (χ0n) is 18.4. The van der Waals surface area contributed by atoms with E-state index < -0.39 is 0 Å². The summed E-state index contributed by atoms with van der Waals surface area (Å²) in [6.07, 6.45) is 3.90. The van der Waals surface area contributed by atoms with Gasteiger partial charge in [0.05, 0.1) is 44.7 Å². The molecule has 1 aliphatic rings. The molecule has 162 valence electrons. The van der Waals surface area contributed by atoms with Crippen molar-refractivity contribution in [1.82, 2.24) is 15.1 Å². The van der Waals surface area contributed by atoms with Crippen LogP contribution in [-0.4, -0.2) is 49.0 Å². The van der Waals surface area contributed by atoms with Gasteiger partial charge in [0.1, 0.15) is 11.4 Å². The quantitative estimate of drug-likeness (QED) is 0.619. The van der Waals surface area contributed by atoms with Crippen LogP contribution < -0.4 is 15.0 Å². The number of benzene rings is 2. The van der Waals surface area contributed by atoms with Crippen LogP contribution in [0.25, 0.3) is 16.9 Å². The number of carbonyl (C=O) groups excluding carboxylic acids is 1. The zero-order valence-corrected chi connectivity index (χ0v) is 18.4. The van der Waals surface area contributed by atoms with Gasteiger partial charge in [-0.3, -0.25) is 4.79 Å². The average Bonchev–Trinajstić information content (AvgIpc) is 3.26. The summed E-state index contributed by atoms with van der Waals surface area (Å²) >= 11 is 0. The number of quaternary nitrogens is 1. The Morgan fingerprint density at radius 2 is 1.90 bits per heavy atom. The van der Waals surface area contributed by atoms with Gasteiger partial charge >= 0.3 is 0 Å². The van der Waals surface area contributed by atoms with E-state index in [0.717, 1.165) is 34.8 Å². The largest absolute Gasteiger partial charge is 0.497 e. The number of methoxy groups -OCH3 is 1. The molecular weight excluding hydrogens is 388 g/mol.